The van der Waals surface area contributed by atoms with Crippen LogP contribution in [0.3, 0.4) is 0 Å². The van der Waals surface area contributed by atoms with Crippen molar-refractivity contribution < 1.29 is 14.3 Å². The molecule has 0 heterocycles. The van der Waals surface area contributed by atoms with E-state index in [0.29, 0.717) is 0 Å². The van der Waals surface area contributed by atoms with Crippen LogP contribution in [0.15, 0.2) is 18.2 Å². The van der Waals surface area contributed by atoms with Crippen molar-refractivity contribution in [2.24, 2.45) is 5.73 Å². The van der Waals surface area contributed by atoms with Crippen LogP contribution in [-0.2, 0) is 16.1 Å². The lowest BCUT2D eigenvalue weighted by atomic mass is 10.2. The molecule has 0 saturated heterocycles. The summed E-state index contributed by atoms with van der Waals surface area (Å²) in [4.78, 5) is 10.8. The van der Waals surface area contributed by atoms with Gasteiger partial charge < -0.3 is 15.2 Å². The topological polar surface area (TPSA) is 61.5 Å². The molecule has 0 atom stereocenters. The summed E-state index contributed by atoms with van der Waals surface area (Å²) < 4.78 is 11.1. The van der Waals surface area contributed by atoms with Crippen molar-refractivity contribution in [1.29, 1.82) is 0 Å². The van der Waals surface area contributed by atoms with E-state index in [1.807, 2.05) is 18.2 Å². The highest BCUT2D eigenvalue weighted by Gasteiger charge is 2.03. The predicted molar refractivity (Wildman–Crippen MR) is 64.6 cm³/mol. The van der Waals surface area contributed by atoms with Crippen LogP contribution in [0.1, 0.15) is 5.56 Å². The molecule has 0 unspecified atom stereocenters. The molecule has 0 radical (unpaired) electrons. The average Bonchev–Trinajstić information content (AvgIpc) is 2.27. The Bertz CT molecular complexity index is 355. The largest absolute Gasteiger partial charge is 0.496 e. The summed E-state index contributed by atoms with van der Waals surface area (Å²) in [5.74, 6) is 0.365. The smallest absolute Gasteiger partial charge is 0.320 e. The molecule has 0 aliphatic rings. The molecule has 0 spiro atoms. The van der Waals surface area contributed by atoms with Crippen molar-refractivity contribution in [1.82, 2.24) is 0 Å². The molecule has 0 bridgehead atoms. The third-order valence-corrected chi connectivity index (χ3v) is 2.67. The van der Waals surface area contributed by atoms with E-state index >= 15 is 0 Å². The summed E-state index contributed by atoms with van der Waals surface area (Å²) in [7, 11) is 1.60. The van der Waals surface area contributed by atoms with Crippen LogP contribution in [0, 0.1) is 3.57 Å². The third-order valence-electron chi connectivity index (χ3n) is 1.78. The fourth-order valence-corrected chi connectivity index (χ4v) is 1.57. The van der Waals surface area contributed by atoms with E-state index in [-0.39, 0.29) is 13.2 Å². The van der Waals surface area contributed by atoms with Gasteiger partial charge in [0.1, 0.15) is 12.4 Å². The van der Waals surface area contributed by atoms with Crippen molar-refractivity contribution in [2.75, 3.05) is 13.7 Å². The van der Waals surface area contributed by atoms with Crippen LogP contribution in [0.4, 0.5) is 0 Å². The number of carbonyl (C=O) groups is 1. The van der Waals surface area contributed by atoms with Gasteiger partial charge in [-0.25, -0.2) is 0 Å². The summed E-state index contributed by atoms with van der Waals surface area (Å²) in [6.07, 6.45) is 0. The van der Waals surface area contributed by atoms with Gasteiger partial charge in [-0.3, -0.25) is 4.79 Å². The molecule has 1 aromatic carbocycles. The second kappa shape index (κ2) is 5.92. The van der Waals surface area contributed by atoms with E-state index in [4.69, 9.17) is 15.2 Å². The Morgan fingerprint density at radius 3 is 2.87 bits per heavy atom. The number of rotatable bonds is 4. The van der Waals surface area contributed by atoms with Crippen LogP contribution in [0.5, 0.6) is 5.75 Å². The Labute approximate surface area is 102 Å². The summed E-state index contributed by atoms with van der Waals surface area (Å²) in [6.45, 7) is 0.130. The first-order valence-corrected chi connectivity index (χ1v) is 5.43. The number of hydrogen-bond donors (Lipinski definition) is 1. The lowest BCUT2D eigenvalue weighted by Crippen LogP contribution is -2.16. The number of hydrogen-bond acceptors (Lipinski definition) is 4. The first kappa shape index (κ1) is 12.3. The molecule has 0 saturated carbocycles. The average molecular weight is 321 g/mol. The van der Waals surface area contributed by atoms with Gasteiger partial charge in [-0.1, -0.05) is 6.07 Å². The lowest BCUT2D eigenvalue weighted by molar-refractivity contribution is -0.143. The van der Waals surface area contributed by atoms with Crippen LogP contribution < -0.4 is 10.5 Å². The molecule has 1 aromatic rings. The van der Waals surface area contributed by atoms with Gasteiger partial charge in [-0.15, -0.1) is 0 Å². The number of methoxy groups -OCH3 is 1. The van der Waals surface area contributed by atoms with Crippen molar-refractivity contribution in [2.45, 2.75) is 6.61 Å². The number of nitrogens with two attached hydrogens (primary N) is 1. The molecule has 0 amide bonds. The van der Waals surface area contributed by atoms with E-state index in [2.05, 4.69) is 22.6 Å². The summed E-state index contributed by atoms with van der Waals surface area (Å²) in [6, 6.07) is 5.63. The number of carbonyl (C=O) groups excluding carboxylic acids is 1. The van der Waals surface area contributed by atoms with Gasteiger partial charge in [0.15, 0.2) is 0 Å². The zero-order valence-corrected chi connectivity index (χ0v) is 10.5. The van der Waals surface area contributed by atoms with Crippen molar-refractivity contribution in [3.05, 3.63) is 27.3 Å². The maximum atomic E-state index is 10.8. The Morgan fingerprint density at radius 1 is 1.53 bits per heavy atom. The standard InChI is InChI=1S/C10H12INO3/c1-14-9-4-7(2-3-8(9)11)6-15-10(13)5-12/h2-4H,5-6,12H2,1H3. The maximum absolute atomic E-state index is 10.8. The zero-order valence-electron chi connectivity index (χ0n) is 8.33. The second-order valence-electron chi connectivity index (χ2n) is 2.83. The Balaban J connectivity index is 2.66. The number of esters is 1. The van der Waals surface area contributed by atoms with E-state index < -0.39 is 5.97 Å². The Kier molecular flexibility index (Phi) is 4.83. The van der Waals surface area contributed by atoms with E-state index in [9.17, 15) is 4.79 Å². The van der Waals surface area contributed by atoms with Gasteiger partial charge in [-0.05, 0) is 40.3 Å². The van der Waals surface area contributed by atoms with Gasteiger partial charge >= 0.3 is 5.97 Å². The molecule has 0 aliphatic carbocycles. The summed E-state index contributed by atoms with van der Waals surface area (Å²) >= 11 is 2.17. The van der Waals surface area contributed by atoms with E-state index in [1.165, 1.54) is 0 Å². The molecular weight excluding hydrogens is 309 g/mol. The fraction of sp³-hybridized carbons (Fsp3) is 0.300. The van der Waals surface area contributed by atoms with Crippen LogP contribution in [0.25, 0.3) is 0 Å². The monoisotopic (exact) mass is 321 g/mol. The van der Waals surface area contributed by atoms with Crippen LogP contribution in [0.2, 0.25) is 0 Å². The first-order chi connectivity index (χ1) is 7.17. The van der Waals surface area contributed by atoms with Gasteiger partial charge in [0, 0.05) is 0 Å². The van der Waals surface area contributed by atoms with Crippen LogP contribution >= 0.6 is 22.6 Å². The molecular formula is C10H12INO3. The third kappa shape index (κ3) is 3.67. The highest BCUT2D eigenvalue weighted by Crippen LogP contribution is 2.22. The zero-order chi connectivity index (χ0) is 11.3. The van der Waals surface area contributed by atoms with Gasteiger partial charge in [0.2, 0.25) is 0 Å². The molecule has 1 rings (SSSR count). The summed E-state index contributed by atoms with van der Waals surface area (Å²) in [5.41, 5.74) is 6.00. The predicted octanol–water partition coefficient (Wildman–Crippen LogP) is 1.30. The Morgan fingerprint density at radius 2 is 2.27 bits per heavy atom. The SMILES string of the molecule is COc1cc(COC(=O)CN)ccc1I. The summed E-state index contributed by atoms with van der Waals surface area (Å²) in [5, 5.41) is 0. The minimum atomic E-state index is -0.410. The molecule has 15 heavy (non-hydrogen) atoms. The highest BCUT2D eigenvalue weighted by molar-refractivity contribution is 14.1. The van der Waals surface area contributed by atoms with Crippen LogP contribution in [-0.4, -0.2) is 19.6 Å². The van der Waals surface area contributed by atoms with Gasteiger partial charge in [0.05, 0.1) is 17.2 Å². The molecule has 5 heteroatoms. The molecule has 0 fully saturated rings. The highest BCUT2D eigenvalue weighted by atomic mass is 127. The fourth-order valence-electron chi connectivity index (χ4n) is 1.02. The van der Waals surface area contributed by atoms with Crippen molar-refractivity contribution in [3.63, 3.8) is 0 Å². The lowest BCUT2D eigenvalue weighted by Gasteiger charge is -2.07. The maximum Gasteiger partial charge on any atom is 0.320 e. The van der Waals surface area contributed by atoms with Crippen molar-refractivity contribution >= 4 is 28.6 Å². The normalized spacial score (nSPS) is 9.80. The number of halogens is 1. The van der Waals surface area contributed by atoms with Gasteiger partial charge in [-0.2, -0.15) is 0 Å². The molecule has 82 valence electrons. The van der Waals surface area contributed by atoms with Crippen molar-refractivity contribution in [3.8, 4) is 5.75 Å². The molecule has 0 aromatic heterocycles. The van der Waals surface area contributed by atoms with E-state index in [0.717, 1.165) is 14.9 Å². The first-order valence-electron chi connectivity index (χ1n) is 4.35. The minimum Gasteiger partial charge on any atom is -0.496 e. The molecule has 4 nitrogen and oxygen atoms in total. The second-order valence-corrected chi connectivity index (χ2v) is 4.00. The minimum absolute atomic E-state index is 0.0957. The molecule has 0 aliphatic heterocycles. The Hall–Kier alpha value is -0.820. The molecule has 2 N–H and O–H groups in total. The number of ether oxygens (including phenoxy) is 2. The number of benzene rings is 1. The quantitative estimate of drug-likeness (QED) is 0.671. The van der Waals surface area contributed by atoms with Gasteiger partial charge in [0.25, 0.3) is 0 Å². The van der Waals surface area contributed by atoms with E-state index in [1.54, 1.807) is 7.11 Å².